The summed E-state index contributed by atoms with van der Waals surface area (Å²) in [7, 11) is 0. The van der Waals surface area contributed by atoms with Gasteiger partial charge in [-0.2, -0.15) is 0 Å². The maximum atomic E-state index is 12.8. The third kappa shape index (κ3) is 63.3. The third-order valence-electron chi connectivity index (χ3n) is 12.7. The van der Waals surface area contributed by atoms with Crippen molar-refractivity contribution in [2.24, 2.45) is 0 Å². The Bertz CT molecular complexity index is 1890. The molecule has 0 aliphatic heterocycles. The number of allylic oxidation sites excluding steroid dienone is 30. The Labute approximate surface area is 491 Å². The molecule has 80 heavy (non-hydrogen) atoms. The summed E-state index contributed by atoms with van der Waals surface area (Å²) in [6.45, 7) is 6.29. The molecule has 0 bridgehead atoms. The van der Waals surface area contributed by atoms with Crippen molar-refractivity contribution in [2.75, 3.05) is 13.2 Å². The van der Waals surface area contributed by atoms with Crippen molar-refractivity contribution in [1.29, 1.82) is 0 Å². The largest absolute Gasteiger partial charge is 0.462 e. The number of unbranched alkanes of at least 4 members (excludes halogenated alkanes) is 14. The molecule has 0 aromatic rings. The van der Waals surface area contributed by atoms with Gasteiger partial charge in [0.15, 0.2) is 6.10 Å². The highest BCUT2D eigenvalue weighted by molar-refractivity contribution is 5.71. The van der Waals surface area contributed by atoms with Crippen LogP contribution in [0.2, 0.25) is 0 Å². The van der Waals surface area contributed by atoms with Crippen LogP contribution in [0.3, 0.4) is 0 Å². The number of esters is 3. The van der Waals surface area contributed by atoms with Gasteiger partial charge in [0.2, 0.25) is 0 Å². The maximum absolute atomic E-state index is 12.8. The molecule has 0 heterocycles. The first-order chi connectivity index (χ1) is 39.5. The van der Waals surface area contributed by atoms with Crippen molar-refractivity contribution in [1.82, 2.24) is 0 Å². The van der Waals surface area contributed by atoms with Crippen molar-refractivity contribution in [3.63, 3.8) is 0 Å². The fourth-order valence-corrected chi connectivity index (χ4v) is 7.97. The van der Waals surface area contributed by atoms with Gasteiger partial charge in [-0.25, -0.2) is 0 Å². The van der Waals surface area contributed by atoms with Crippen LogP contribution in [-0.4, -0.2) is 37.2 Å². The Balaban J connectivity index is 4.27. The normalized spacial score (nSPS) is 13.4. The van der Waals surface area contributed by atoms with Gasteiger partial charge in [-0.3, -0.25) is 14.4 Å². The van der Waals surface area contributed by atoms with E-state index in [0.717, 1.165) is 186 Å². The van der Waals surface area contributed by atoms with Gasteiger partial charge in [-0.05, 0) is 141 Å². The van der Waals surface area contributed by atoms with Crippen LogP contribution in [-0.2, 0) is 28.6 Å². The molecule has 0 aromatic carbocycles. The lowest BCUT2D eigenvalue weighted by Crippen LogP contribution is -2.30. The van der Waals surface area contributed by atoms with E-state index in [1.54, 1.807) is 0 Å². The summed E-state index contributed by atoms with van der Waals surface area (Å²) < 4.78 is 16.8. The Morgan fingerprint density at radius 3 is 0.762 bits per heavy atom. The average molecular weight is 1100 g/mol. The van der Waals surface area contributed by atoms with E-state index in [2.05, 4.69) is 203 Å². The van der Waals surface area contributed by atoms with E-state index >= 15 is 0 Å². The molecule has 0 fully saturated rings. The SMILES string of the molecule is CC/C=C\C/C=C\C/C=C\C/C=C\C/C=C\C/C=C\C/C=C\C/C=C\CCCCCCC(=O)OCC(COC(=O)CCCCCCCC)OC(=O)CCCCCCC/C=C\C/C=C\C/C=C\C/C=C\C/C=C\C/C=C\C/C=C\CC. The highest BCUT2D eigenvalue weighted by Crippen LogP contribution is 2.13. The van der Waals surface area contributed by atoms with Gasteiger partial charge in [0.05, 0.1) is 0 Å². The molecule has 0 aliphatic rings. The van der Waals surface area contributed by atoms with Crippen molar-refractivity contribution >= 4 is 17.9 Å². The molecular formula is C74H114O6. The van der Waals surface area contributed by atoms with Crippen LogP contribution < -0.4 is 0 Å². The van der Waals surface area contributed by atoms with E-state index in [0.29, 0.717) is 19.3 Å². The van der Waals surface area contributed by atoms with Gasteiger partial charge in [-0.15, -0.1) is 0 Å². The Kier molecular flexibility index (Phi) is 61.5. The van der Waals surface area contributed by atoms with Crippen molar-refractivity contribution in [2.45, 2.75) is 252 Å². The zero-order valence-electron chi connectivity index (χ0n) is 51.0. The second-order valence-corrected chi connectivity index (χ2v) is 20.2. The van der Waals surface area contributed by atoms with E-state index in [1.807, 2.05) is 0 Å². The summed E-state index contributed by atoms with van der Waals surface area (Å²) in [5.41, 5.74) is 0. The van der Waals surface area contributed by atoms with Gasteiger partial charge >= 0.3 is 17.9 Å². The minimum atomic E-state index is -0.807. The summed E-state index contributed by atoms with van der Waals surface area (Å²) >= 11 is 0. The average Bonchev–Trinajstić information content (AvgIpc) is 3.46. The van der Waals surface area contributed by atoms with Crippen LogP contribution in [0.4, 0.5) is 0 Å². The van der Waals surface area contributed by atoms with Crippen LogP contribution in [0.15, 0.2) is 182 Å². The Morgan fingerprint density at radius 1 is 0.263 bits per heavy atom. The number of carbonyl (C=O) groups is 3. The maximum Gasteiger partial charge on any atom is 0.306 e. The molecule has 0 radical (unpaired) electrons. The van der Waals surface area contributed by atoms with Gasteiger partial charge in [-0.1, -0.05) is 267 Å². The zero-order chi connectivity index (χ0) is 57.8. The van der Waals surface area contributed by atoms with Crippen LogP contribution in [0, 0.1) is 0 Å². The summed E-state index contributed by atoms with van der Waals surface area (Å²) in [5.74, 6) is -0.968. The van der Waals surface area contributed by atoms with Gasteiger partial charge in [0.1, 0.15) is 13.2 Å². The number of hydrogen-bond donors (Lipinski definition) is 0. The van der Waals surface area contributed by atoms with E-state index in [4.69, 9.17) is 14.2 Å². The summed E-state index contributed by atoms with van der Waals surface area (Å²) in [6, 6.07) is 0. The minimum absolute atomic E-state index is 0.103. The Morgan fingerprint density at radius 2 is 0.487 bits per heavy atom. The molecule has 0 spiro atoms. The standard InChI is InChI=1S/C74H114O6/c1-4-7-10-13-16-18-20-22-24-26-28-30-32-34-36-37-39-40-42-44-46-48-50-52-54-56-58-61-64-67-73(76)79-70-71(69-78-72(75)66-63-60-15-12-9-6-3)80-74(77)68-65-62-59-57-55-53-51-49-47-45-43-41-38-35-33-31-29-27-25-23-21-19-17-14-11-8-5-2/h7-8,10-11,16-19,22-25,28-31,34-36,38-40,43-46,49-52,71H,4-6,9,12-15,20-21,26-27,32-33,37,41-42,47-48,53-70H2,1-3H3/b10-7-,11-8-,18-16-,19-17-,24-22-,25-23-,30-28-,31-29-,36-34-,38-35-,40-39-,45-43-,46-44-,51-49-,52-50-. The van der Waals surface area contributed by atoms with Crippen LogP contribution in [0.25, 0.3) is 0 Å². The monoisotopic (exact) mass is 1100 g/mol. The van der Waals surface area contributed by atoms with Crippen molar-refractivity contribution in [3.05, 3.63) is 182 Å². The smallest absolute Gasteiger partial charge is 0.306 e. The molecule has 0 aliphatic carbocycles. The highest BCUT2D eigenvalue weighted by Gasteiger charge is 2.19. The molecule has 0 amide bonds. The highest BCUT2D eigenvalue weighted by atomic mass is 16.6. The Hall–Kier alpha value is -5.49. The molecule has 1 unspecified atom stereocenters. The lowest BCUT2D eigenvalue weighted by Gasteiger charge is -2.18. The van der Waals surface area contributed by atoms with Gasteiger partial charge < -0.3 is 14.2 Å². The first-order valence-electron chi connectivity index (χ1n) is 31.8. The number of hydrogen-bond acceptors (Lipinski definition) is 6. The molecule has 6 nitrogen and oxygen atoms in total. The van der Waals surface area contributed by atoms with Gasteiger partial charge in [0.25, 0.3) is 0 Å². The second-order valence-electron chi connectivity index (χ2n) is 20.2. The summed E-state index contributed by atoms with van der Waals surface area (Å²) in [6.07, 6.45) is 99.2. The molecule has 6 heteroatoms. The van der Waals surface area contributed by atoms with E-state index < -0.39 is 6.10 Å². The van der Waals surface area contributed by atoms with Gasteiger partial charge in [0, 0.05) is 19.3 Å². The molecular weight excluding hydrogens is 985 g/mol. The van der Waals surface area contributed by atoms with Crippen LogP contribution >= 0.6 is 0 Å². The molecule has 446 valence electrons. The van der Waals surface area contributed by atoms with E-state index in [9.17, 15) is 14.4 Å². The fraction of sp³-hybridized carbons (Fsp3) is 0.554. The lowest BCUT2D eigenvalue weighted by atomic mass is 10.1. The summed E-state index contributed by atoms with van der Waals surface area (Å²) in [4.78, 5) is 38.0. The minimum Gasteiger partial charge on any atom is -0.462 e. The van der Waals surface area contributed by atoms with Crippen LogP contribution in [0.1, 0.15) is 245 Å². The first-order valence-corrected chi connectivity index (χ1v) is 31.8. The quantitative estimate of drug-likeness (QED) is 0.0261. The predicted octanol–water partition coefficient (Wildman–Crippen LogP) is 22.0. The van der Waals surface area contributed by atoms with Crippen LogP contribution in [0.5, 0.6) is 0 Å². The molecule has 0 saturated carbocycles. The van der Waals surface area contributed by atoms with Crippen molar-refractivity contribution < 1.29 is 28.6 Å². The zero-order valence-corrected chi connectivity index (χ0v) is 51.0. The molecule has 0 rings (SSSR count). The van der Waals surface area contributed by atoms with E-state index in [1.165, 1.54) is 19.3 Å². The summed E-state index contributed by atoms with van der Waals surface area (Å²) in [5, 5.41) is 0. The number of rotatable bonds is 55. The van der Waals surface area contributed by atoms with Crippen molar-refractivity contribution in [3.8, 4) is 0 Å². The number of carbonyl (C=O) groups excluding carboxylic acids is 3. The predicted molar refractivity (Wildman–Crippen MR) is 348 cm³/mol. The first kappa shape index (κ1) is 74.5. The van der Waals surface area contributed by atoms with E-state index in [-0.39, 0.29) is 31.1 Å². The molecule has 0 saturated heterocycles. The fourth-order valence-electron chi connectivity index (χ4n) is 7.97. The number of ether oxygens (including phenoxy) is 3. The lowest BCUT2D eigenvalue weighted by molar-refractivity contribution is -0.167. The topological polar surface area (TPSA) is 78.9 Å². The molecule has 0 aromatic heterocycles. The molecule has 0 N–H and O–H groups in total. The second kappa shape index (κ2) is 66.0. The molecule has 1 atom stereocenters. The third-order valence-corrected chi connectivity index (χ3v) is 12.7.